The normalized spacial score (nSPS) is 10.0. The lowest BCUT2D eigenvalue weighted by Gasteiger charge is -1.98. The fourth-order valence-electron chi connectivity index (χ4n) is 1.10. The van der Waals surface area contributed by atoms with Gasteiger partial charge in [-0.1, -0.05) is 11.6 Å². The van der Waals surface area contributed by atoms with Gasteiger partial charge in [0.05, 0.1) is 6.61 Å². The minimum absolute atomic E-state index is 0.139. The number of esters is 1. The summed E-state index contributed by atoms with van der Waals surface area (Å²) in [7, 11) is 3.40. The minimum Gasteiger partial charge on any atom is -0.461 e. The van der Waals surface area contributed by atoms with E-state index in [1.807, 2.05) is 0 Å². The van der Waals surface area contributed by atoms with Gasteiger partial charge in [-0.3, -0.25) is 4.68 Å². The number of carbonyl (C=O) groups is 1. The smallest absolute Gasteiger partial charge is 0.360 e. The Balaban J connectivity index is 3.04. The monoisotopic (exact) mass is 217 g/mol. The van der Waals surface area contributed by atoms with Crippen LogP contribution in [0.4, 0.5) is 5.82 Å². The highest BCUT2D eigenvalue weighted by molar-refractivity contribution is 6.35. The number of nitrogens with one attached hydrogen (secondary N) is 1. The maximum absolute atomic E-state index is 11.3. The Morgan fingerprint density at radius 3 is 2.79 bits per heavy atom. The summed E-state index contributed by atoms with van der Waals surface area (Å²) >= 11 is 5.91. The molecule has 1 N–H and O–H groups in total. The predicted octanol–water partition coefficient (Wildman–Crippen LogP) is 1.29. The molecule has 5 nitrogen and oxygen atoms in total. The molecule has 0 bridgehead atoms. The van der Waals surface area contributed by atoms with E-state index < -0.39 is 5.97 Å². The summed E-state index contributed by atoms with van der Waals surface area (Å²) in [6.45, 7) is 2.04. The number of hydrogen-bond acceptors (Lipinski definition) is 4. The first-order valence-electron chi connectivity index (χ1n) is 4.19. The average Bonchev–Trinajstić information content (AvgIpc) is 2.42. The molecule has 0 unspecified atom stereocenters. The maximum Gasteiger partial charge on any atom is 0.360 e. The summed E-state index contributed by atoms with van der Waals surface area (Å²) in [5.41, 5.74) is 0.139. The molecule has 0 spiro atoms. The van der Waals surface area contributed by atoms with Gasteiger partial charge in [-0.05, 0) is 6.92 Å². The van der Waals surface area contributed by atoms with Crippen LogP contribution in [0.3, 0.4) is 0 Å². The first-order chi connectivity index (χ1) is 6.61. The van der Waals surface area contributed by atoms with Crippen LogP contribution in [0.5, 0.6) is 0 Å². The van der Waals surface area contributed by atoms with Gasteiger partial charge < -0.3 is 10.1 Å². The Hall–Kier alpha value is -1.23. The standard InChI is InChI=1S/C8H12ClN3O2/c1-4-14-8(13)6-5(9)7(10-2)12(3)11-6/h10H,4H2,1-3H3. The summed E-state index contributed by atoms with van der Waals surface area (Å²) in [4.78, 5) is 11.3. The number of rotatable bonds is 3. The Bertz CT molecular complexity index is 349. The van der Waals surface area contributed by atoms with E-state index in [4.69, 9.17) is 16.3 Å². The minimum atomic E-state index is -0.505. The summed E-state index contributed by atoms with van der Waals surface area (Å²) < 4.78 is 6.29. The second-order valence-corrected chi connectivity index (χ2v) is 2.98. The van der Waals surface area contributed by atoms with Crippen LogP contribution < -0.4 is 5.32 Å². The SMILES string of the molecule is CCOC(=O)c1nn(C)c(NC)c1Cl. The van der Waals surface area contributed by atoms with Crippen LogP contribution in [-0.2, 0) is 11.8 Å². The second-order valence-electron chi connectivity index (χ2n) is 2.61. The lowest BCUT2D eigenvalue weighted by atomic mass is 10.4. The number of anilines is 1. The molecule has 1 rings (SSSR count). The van der Waals surface area contributed by atoms with E-state index >= 15 is 0 Å². The Labute approximate surface area is 87.0 Å². The molecule has 0 amide bonds. The summed E-state index contributed by atoms with van der Waals surface area (Å²) in [5.74, 6) is 0.0873. The van der Waals surface area contributed by atoms with Crippen LogP contribution in [0.2, 0.25) is 5.02 Å². The van der Waals surface area contributed by atoms with Crippen LogP contribution in [-0.4, -0.2) is 29.4 Å². The Morgan fingerprint density at radius 2 is 2.36 bits per heavy atom. The van der Waals surface area contributed by atoms with Gasteiger partial charge in [-0.25, -0.2) is 4.79 Å². The highest BCUT2D eigenvalue weighted by atomic mass is 35.5. The van der Waals surface area contributed by atoms with Crippen LogP contribution in [0, 0.1) is 0 Å². The number of hydrogen-bond donors (Lipinski definition) is 1. The molecule has 6 heteroatoms. The zero-order valence-corrected chi connectivity index (χ0v) is 9.05. The lowest BCUT2D eigenvalue weighted by molar-refractivity contribution is 0.0519. The van der Waals surface area contributed by atoms with Crippen molar-refractivity contribution in [2.24, 2.45) is 7.05 Å². The van der Waals surface area contributed by atoms with Crippen LogP contribution >= 0.6 is 11.6 Å². The first-order valence-corrected chi connectivity index (χ1v) is 4.57. The van der Waals surface area contributed by atoms with E-state index in [2.05, 4.69) is 10.4 Å². The Kier molecular flexibility index (Phi) is 3.35. The van der Waals surface area contributed by atoms with E-state index in [-0.39, 0.29) is 10.7 Å². The van der Waals surface area contributed by atoms with Crippen LogP contribution in [0.15, 0.2) is 0 Å². The number of halogens is 1. The molecular formula is C8H12ClN3O2. The lowest BCUT2D eigenvalue weighted by Crippen LogP contribution is -2.06. The predicted molar refractivity (Wildman–Crippen MR) is 53.7 cm³/mol. The molecule has 0 aliphatic carbocycles. The van der Waals surface area contributed by atoms with Gasteiger partial charge >= 0.3 is 5.97 Å². The maximum atomic E-state index is 11.3. The molecule has 1 aromatic rings. The van der Waals surface area contributed by atoms with Gasteiger partial charge in [0.1, 0.15) is 10.8 Å². The van der Waals surface area contributed by atoms with E-state index in [0.29, 0.717) is 12.4 Å². The first kappa shape index (κ1) is 10.8. The fraction of sp³-hybridized carbons (Fsp3) is 0.500. The number of nitrogens with zero attached hydrogens (tertiary/aromatic N) is 2. The number of ether oxygens (including phenoxy) is 1. The highest BCUT2D eigenvalue weighted by Gasteiger charge is 2.20. The number of carbonyl (C=O) groups excluding carboxylic acids is 1. The molecular weight excluding hydrogens is 206 g/mol. The zero-order valence-electron chi connectivity index (χ0n) is 8.30. The second kappa shape index (κ2) is 4.32. The van der Waals surface area contributed by atoms with Crippen LogP contribution in [0.1, 0.15) is 17.4 Å². The van der Waals surface area contributed by atoms with Crippen molar-refractivity contribution in [1.29, 1.82) is 0 Å². The molecule has 14 heavy (non-hydrogen) atoms. The average molecular weight is 218 g/mol. The Morgan fingerprint density at radius 1 is 1.71 bits per heavy atom. The molecule has 0 saturated heterocycles. The van der Waals surface area contributed by atoms with Gasteiger partial charge in [0.15, 0.2) is 5.69 Å². The van der Waals surface area contributed by atoms with Crippen molar-refractivity contribution in [2.75, 3.05) is 19.0 Å². The molecule has 0 radical (unpaired) electrons. The van der Waals surface area contributed by atoms with Crippen molar-refractivity contribution in [3.05, 3.63) is 10.7 Å². The molecule has 0 aliphatic rings. The molecule has 0 atom stereocenters. The molecule has 1 aromatic heterocycles. The number of aromatic nitrogens is 2. The van der Waals surface area contributed by atoms with Crippen molar-refractivity contribution >= 4 is 23.4 Å². The highest BCUT2D eigenvalue weighted by Crippen LogP contribution is 2.25. The van der Waals surface area contributed by atoms with Crippen molar-refractivity contribution in [1.82, 2.24) is 9.78 Å². The molecule has 0 saturated carbocycles. The van der Waals surface area contributed by atoms with E-state index in [9.17, 15) is 4.79 Å². The third-order valence-corrected chi connectivity index (χ3v) is 2.05. The van der Waals surface area contributed by atoms with E-state index in [0.717, 1.165) is 0 Å². The van der Waals surface area contributed by atoms with Gasteiger partial charge in [-0.2, -0.15) is 5.10 Å². The van der Waals surface area contributed by atoms with E-state index in [1.54, 1.807) is 21.0 Å². The zero-order chi connectivity index (χ0) is 10.7. The molecule has 78 valence electrons. The van der Waals surface area contributed by atoms with Gasteiger partial charge in [-0.15, -0.1) is 0 Å². The van der Waals surface area contributed by atoms with Gasteiger partial charge in [0.2, 0.25) is 0 Å². The van der Waals surface area contributed by atoms with Crippen molar-refractivity contribution in [3.8, 4) is 0 Å². The summed E-state index contributed by atoms with van der Waals surface area (Å²) in [5, 5.41) is 7.07. The van der Waals surface area contributed by atoms with Gasteiger partial charge in [0.25, 0.3) is 0 Å². The third kappa shape index (κ3) is 1.82. The summed E-state index contributed by atoms with van der Waals surface area (Å²) in [6, 6.07) is 0. The molecule has 0 aromatic carbocycles. The summed E-state index contributed by atoms with van der Waals surface area (Å²) in [6.07, 6.45) is 0. The van der Waals surface area contributed by atoms with Crippen molar-refractivity contribution in [3.63, 3.8) is 0 Å². The largest absolute Gasteiger partial charge is 0.461 e. The van der Waals surface area contributed by atoms with E-state index in [1.165, 1.54) is 4.68 Å². The topological polar surface area (TPSA) is 56.1 Å². The molecule has 0 aliphatic heterocycles. The molecule has 1 heterocycles. The molecule has 0 fully saturated rings. The van der Waals surface area contributed by atoms with Crippen molar-refractivity contribution in [2.45, 2.75) is 6.92 Å². The van der Waals surface area contributed by atoms with Crippen LogP contribution in [0.25, 0.3) is 0 Å². The number of aryl methyl sites for hydroxylation is 1. The third-order valence-electron chi connectivity index (χ3n) is 1.70. The fourth-order valence-corrected chi connectivity index (χ4v) is 1.43. The van der Waals surface area contributed by atoms with Crippen molar-refractivity contribution < 1.29 is 9.53 Å². The quantitative estimate of drug-likeness (QED) is 0.776. The van der Waals surface area contributed by atoms with Gasteiger partial charge in [0, 0.05) is 14.1 Å².